The molecule has 0 N–H and O–H groups in total. The Morgan fingerprint density at radius 2 is 1.85 bits per heavy atom. The van der Waals surface area contributed by atoms with Gasteiger partial charge in [-0.25, -0.2) is 4.98 Å². The second-order valence-corrected chi connectivity index (χ2v) is 7.25. The third-order valence-electron chi connectivity index (χ3n) is 5.36. The summed E-state index contributed by atoms with van der Waals surface area (Å²) in [7, 11) is 0. The van der Waals surface area contributed by atoms with Crippen LogP contribution < -0.4 is 0 Å². The lowest BCUT2D eigenvalue weighted by Gasteiger charge is -2.22. The van der Waals surface area contributed by atoms with Crippen molar-refractivity contribution in [3.63, 3.8) is 0 Å². The summed E-state index contributed by atoms with van der Waals surface area (Å²) in [6.07, 6.45) is 6.53. The van der Waals surface area contributed by atoms with Crippen LogP contribution in [0.1, 0.15) is 24.1 Å². The van der Waals surface area contributed by atoms with Crippen LogP contribution in [0.15, 0.2) is 73.1 Å². The van der Waals surface area contributed by atoms with Crippen molar-refractivity contribution < 1.29 is 4.79 Å². The van der Waals surface area contributed by atoms with Gasteiger partial charge in [-0.05, 0) is 41.3 Å². The van der Waals surface area contributed by atoms with E-state index in [1.807, 2.05) is 53.7 Å². The molecule has 4 nitrogen and oxygen atoms in total. The summed E-state index contributed by atoms with van der Waals surface area (Å²) in [6, 6.07) is 20.8. The molecule has 0 spiro atoms. The molecule has 4 heteroatoms. The summed E-state index contributed by atoms with van der Waals surface area (Å²) in [4.78, 5) is 19.7. The van der Waals surface area contributed by atoms with Gasteiger partial charge in [-0.2, -0.15) is 0 Å². The van der Waals surface area contributed by atoms with Crippen molar-refractivity contribution in [1.29, 1.82) is 0 Å². The predicted molar refractivity (Wildman–Crippen MR) is 106 cm³/mol. The molecule has 27 heavy (non-hydrogen) atoms. The third-order valence-corrected chi connectivity index (χ3v) is 5.36. The van der Waals surface area contributed by atoms with Gasteiger partial charge in [0.15, 0.2) is 0 Å². The number of imidazole rings is 1. The molecule has 0 bridgehead atoms. The second kappa shape index (κ2) is 6.54. The van der Waals surface area contributed by atoms with Crippen LogP contribution in [-0.2, 0) is 17.8 Å². The Hall–Kier alpha value is -3.14. The average molecular weight is 355 g/mol. The summed E-state index contributed by atoms with van der Waals surface area (Å²) in [5.74, 6) is 0.194. The van der Waals surface area contributed by atoms with E-state index in [0.717, 1.165) is 29.7 Å². The van der Waals surface area contributed by atoms with Gasteiger partial charge in [-0.15, -0.1) is 0 Å². The number of carbonyl (C=O) groups excluding carboxylic acids is 1. The van der Waals surface area contributed by atoms with Gasteiger partial charge in [0.25, 0.3) is 0 Å². The lowest BCUT2D eigenvalue weighted by Crippen LogP contribution is -2.34. The van der Waals surface area contributed by atoms with Crippen molar-refractivity contribution in [2.24, 2.45) is 0 Å². The van der Waals surface area contributed by atoms with E-state index in [1.54, 1.807) is 0 Å². The van der Waals surface area contributed by atoms with E-state index in [1.165, 1.54) is 10.8 Å². The number of benzene rings is 2. The van der Waals surface area contributed by atoms with Crippen molar-refractivity contribution in [2.45, 2.75) is 31.8 Å². The Labute approximate surface area is 158 Å². The summed E-state index contributed by atoms with van der Waals surface area (Å²) in [5.41, 5.74) is 3.08. The highest BCUT2D eigenvalue weighted by molar-refractivity contribution is 5.90. The molecule has 1 fully saturated rings. The van der Waals surface area contributed by atoms with E-state index >= 15 is 0 Å². The predicted octanol–water partition coefficient (Wildman–Crippen LogP) is 4.22. The summed E-state index contributed by atoms with van der Waals surface area (Å²) >= 11 is 0. The van der Waals surface area contributed by atoms with Gasteiger partial charge in [0.2, 0.25) is 5.91 Å². The molecule has 0 unspecified atom stereocenters. The van der Waals surface area contributed by atoms with Crippen molar-refractivity contribution >= 4 is 22.3 Å². The highest BCUT2D eigenvalue weighted by Crippen LogP contribution is 2.30. The number of pyridine rings is 1. The third kappa shape index (κ3) is 3.08. The van der Waals surface area contributed by atoms with Crippen molar-refractivity contribution in [1.82, 2.24) is 14.3 Å². The number of nitrogens with zero attached hydrogens (tertiary/aromatic N) is 3. The number of rotatable bonds is 5. The molecule has 134 valence electrons. The molecule has 0 atom stereocenters. The molecule has 1 saturated carbocycles. The van der Waals surface area contributed by atoms with E-state index < -0.39 is 0 Å². The van der Waals surface area contributed by atoms with Crippen molar-refractivity contribution in [3.05, 3.63) is 84.3 Å². The van der Waals surface area contributed by atoms with Gasteiger partial charge in [0, 0.05) is 12.2 Å². The Morgan fingerprint density at radius 1 is 1.04 bits per heavy atom. The zero-order valence-corrected chi connectivity index (χ0v) is 15.1. The van der Waals surface area contributed by atoms with Crippen LogP contribution in [0.3, 0.4) is 0 Å². The van der Waals surface area contributed by atoms with Crippen LogP contribution in [0.4, 0.5) is 0 Å². The first-order chi connectivity index (χ1) is 13.3. The zero-order chi connectivity index (χ0) is 18.2. The molecule has 2 aromatic carbocycles. The molecule has 1 aliphatic rings. The minimum absolute atomic E-state index is 0.194. The van der Waals surface area contributed by atoms with Crippen molar-refractivity contribution in [2.75, 3.05) is 0 Å². The number of fused-ring (bicyclic) bond motifs is 2. The lowest BCUT2D eigenvalue weighted by molar-refractivity contribution is -0.131. The van der Waals surface area contributed by atoms with Crippen LogP contribution in [-0.4, -0.2) is 26.2 Å². The van der Waals surface area contributed by atoms with E-state index in [0.29, 0.717) is 19.0 Å². The molecular formula is C23H21N3O. The molecular weight excluding hydrogens is 334 g/mol. The maximum Gasteiger partial charge on any atom is 0.227 e. The molecule has 1 aliphatic carbocycles. The molecule has 0 aliphatic heterocycles. The fourth-order valence-electron chi connectivity index (χ4n) is 3.79. The topological polar surface area (TPSA) is 37.6 Å². The quantitative estimate of drug-likeness (QED) is 0.537. The normalized spacial score (nSPS) is 13.9. The first kappa shape index (κ1) is 16.1. The van der Waals surface area contributed by atoms with Crippen LogP contribution in [0, 0.1) is 0 Å². The van der Waals surface area contributed by atoms with Crippen LogP contribution in [0.2, 0.25) is 0 Å². The van der Waals surface area contributed by atoms with Gasteiger partial charge in [-0.1, -0.05) is 48.5 Å². The minimum atomic E-state index is 0.194. The number of hydrogen-bond acceptors (Lipinski definition) is 2. The maximum atomic E-state index is 13.2. The van der Waals surface area contributed by atoms with Crippen LogP contribution in [0.5, 0.6) is 0 Å². The van der Waals surface area contributed by atoms with Gasteiger partial charge >= 0.3 is 0 Å². The fourth-order valence-corrected chi connectivity index (χ4v) is 3.79. The number of carbonyl (C=O) groups is 1. The SMILES string of the molecule is O=C(Cc1cccc2ccccc12)N(Cc1cnc2ccccn12)C1CC1. The minimum Gasteiger partial charge on any atom is -0.334 e. The Kier molecular flexibility index (Phi) is 3.89. The molecule has 5 rings (SSSR count). The summed E-state index contributed by atoms with van der Waals surface area (Å²) in [6.45, 7) is 0.611. The molecule has 0 radical (unpaired) electrons. The van der Waals surface area contributed by atoms with E-state index in [2.05, 4.69) is 33.7 Å². The molecule has 1 amide bonds. The first-order valence-electron chi connectivity index (χ1n) is 9.47. The Bertz CT molecular complexity index is 1120. The highest BCUT2D eigenvalue weighted by atomic mass is 16.2. The smallest absolute Gasteiger partial charge is 0.227 e. The van der Waals surface area contributed by atoms with Gasteiger partial charge in [0.1, 0.15) is 5.65 Å². The summed E-state index contributed by atoms with van der Waals surface area (Å²) < 4.78 is 2.07. The largest absolute Gasteiger partial charge is 0.334 e. The first-order valence-corrected chi connectivity index (χ1v) is 9.47. The van der Waals surface area contributed by atoms with Gasteiger partial charge in [0.05, 0.1) is 24.9 Å². The van der Waals surface area contributed by atoms with E-state index in [9.17, 15) is 4.79 Å². The Morgan fingerprint density at radius 3 is 2.74 bits per heavy atom. The molecule has 4 aromatic rings. The van der Waals surface area contributed by atoms with Crippen molar-refractivity contribution in [3.8, 4) is 0 Å². The lowest BCUT2D eigenvalue weighted by atomic mass is 10.0. The van der Waals surface area contributed by atoms with Gasteiger partial charge < -0.3 is 9.30 Å². The molecule has 2 aromatic heterocycles. The highest BCUT2D eigenvalue weighted by Gasteiger charge is 2.33. The summed E-state index contributed by atoms with van der Waals surface area (Å²) in [5, 5.41) is 2.35. The van der Waals surface area contributed by atoms with Crippen LogP contribution >= 0.6 is 0 Å². The van der Waals surface area contributed by atoms with E-state index in [-0.39, 0.29) is 5.91 Å². The second-order valence-electron chi connectivity index (χ2n) is 7.25. The monoisotopic (exact) mass is 355 g/mol. The molecule has 2 heterocycles. The molecule has 0 saturated heterocycles. The standard InChI is InChI=1S/C23H21N3O/c27-23(14-18-8-5-7-17-6-1-2-9-21(17)18)26(19-11-12-19)16-20-15-24-22-10-3-4-13-25(20)22/h1-10,13,15,19H,11-12,14,16H2. The van der Waals surface area contributed by atoms with Gasteiger partial charge in [-0.3, -0.25) is 4.79 Å². The Balaban J connectivity index is 1.43. The van der Waals surface area contributed by atoms with E-state index in [4.69, 9.17) is 0 Å². The van der Waals surface area contributed by atoms with Crippen LogP contribution in [0.25, 0.3) is 16.4 Å². The average Bonchev–Trinajstić information content (AvgIpc) is 3.46. The number of aromatic nitrogens is 2. The number of hydrogen-bond donors (Lipinski definition) is 0. The number of amides is 1. The zero-order valence-electron chi connectivity index (χ0n) is 15.1. The maximum absolute atomic E-state index is 13.2. The fraction of sp³-hybridized carbons (Fsp3) is 0.217.